The fraction of sp³-hybridized carbons (Fsp3) is 0.500. The van der Waals surface area contributed by atoms with Crippen LogP contribution in [-0.2, 0) is 13.0 Å². The molecule has 0 aliphatic rings. The van der Waals surface area contributed by atoms with Crippen LogP contribution < -0.4 is 0 Å². The van der Waals surface area contributed by atoms with Crippen LogP contribution in [0.3, 0.4) is 0 Å². The standard InChI is InChI=1S/C10H15N3O2/c1-3-5-6-8-9(10(14)15)11-12-13(8)7-4-2/h4H,2-3,5-7H2,1H3,(H,14,15). The number of carboxylic acids is 1. The maximum Gasteiger partial charge on any atom is 0.358 e. The van der Waals surface area contributed by atoms with Gasteiger partial charge in [0, 0.05) is 0 Å². The molecule has 0 spiro atoms. The first-order valence-corrected chi connectivity index (χ1v) is 4.97. The number of aromatic nitrogens is 3. The number of allylic oxidation sites excluding steroid dienone is 1. The van der Waals surface area contributed by atoms with E-state index in [9.17, 15) is 4.79 Å². The van der Waals surface area contributed by atoms with Crippen molar-refractivity contribution in [1.82, 2.24) is 15.0 Å². The van der Waals surface area contributed by atoms with Crippen LogP contribution in [0.1, 0.15) is 35.9 Å². The minimum Gasteiger partial charge on any atom is -0.476 e. The summed E-state index contributed by atoms with van der Waals surface area (Å²) in [6.07, 6.45) is 4.32. The molecule has 0 saturated carbocycles. The van der Waals surface area contributed by atoms with E-state index in [4.69, 9.17) is 5.11 Å². The molecule has 0 aliphatic carbocycles. The second-order valence-electron chi connectivity index (χ2n) is 3.26. The second-order valence-corrected chi connectivity index (χ2v) is 3.26. The summed E-state index contributed by atoms with van der Waals surface area (Å²) < 4.78 is 1.59. The third-order valence-electron chi connectivity index (χ3n) is 2.11. The minimum atomic E-state index is -1.02. The molecule has 1 N–H and O–H groups in total. The predicted octanol–water partition coefficient (Wildman–Crippen LogP) is 1.50. The average molecular weight is 209 g/mol. The van der Waals surface area contributed by atoms with Crippen molar-refractivity contribution >= 4 is 5.97 Å². The SMILES string of the molecule is C=CCn1nnc(C(=O)O)c1CCCC. The lowest BCUT2D eigenvalue weighted by atomic mass is 10.1. The molecule has 0 radical (unpaired) electrons. The Morgan fingerprint density at radius 3 is 2.93 bits per heavy atom. The molecule has 0 fully saturated rings. The monoisotopic (exact) mass is 209 g/mol. The summed E-state index contributed by atoms with van der Waals surface area (Å²) in [5.41, 5.74) is 0.745. The van der Waals surface area contributed by atoms with Crippen LogP contribution in [0.2, 0.25) is 0 Å². The van der Waals surface area contributed by atoms with Gasteiger partial charge in [0.05, 0.1) is 12.2 Å². The summed E-state index contributed by atoms with van der Waals surface area (Å²) in [7, 11) is 0. The molecular formula is C10H15N3O2. The highest BCUT2D eigenvalue weighted by Crippen LogP contribution is 2.09. The van der Waals surface area contributed by atoms with Crippen molar-refractivity contribution in [2.75, 3.05) is 0 Å². The Kier molecular flexibility index (Phi) is 4.03. The Bertz CT molecular complexity index is 358. The quantitative estimate of drug-likeness (QED) is 0.721. The van der Waals surface area contributed by atoms with E-state index in [1.807, 2.05) is 0 Å². The molecule has 82 valence electrons. The van der Waals surface area contributed by atoms with Crippen molar-refractivity contribution in [3.63, 3.8) is 0 Å². The Hall–Kier alpha value is -1.65. The Labute approximate surface area is 88.4 Å². The number of rotatable bonds is 6. The van der Waals surface area contributed by atoms with Gasteiger partial charge in [0.25, 0.3) is 0 Å². The Balaban J connectivity index is 2.96. The van der Waals surface area contributed by atoms with E-state index in [2.05, 4.69) is 23.8 Å². The highest BCUT2D eigenvalue weighted by Gasteiger charge is 2.17. The van der Waals surface area contributed by atoms with Crippen molar-refractivity contribution < 1.29 is 9.90 Å². The van der Waals surface area contributed by atoms with Crippen molar-refractivity contribution in [2.45, 2.75) is 32.7 Å². The zero-order chi connectivity index (χ0) is 11.3. The van der Waals surface area contributed by atoms with E-state index in [-0.39, 0.29) is 5.69 Å². The lowest BCUT2D eigenvalue weighted by Gasteiger charge is -2.03. The van der Waals surface area contributed by atoms with E-state index in [1.165, 1.54) is 0 Å². The second kappa shape index (κ2) is 5.29. The number of nitrogens with zero attached hydrogens (tertiary/aromatic N) is 3. The maximum absolute atomic E-state index is 10.9. The molecule has 5 nitrogen and oxygen atoms in total. The first-order valence-electron chi connectivity index (χ1n) is 4.97. The first-order chi connectivity index (χ1) is 7.20. The molecule has 1 heterocycles. The molecule has 1 aromatic rings. The van der Waals surface area contributed by atoms with Crippen molar-refractivity contribution in [3.8, 4) is 0 Å². The highest BCUT2D eigenvalue weighted by molar-refractivity contribution is 5.86. The zero-order valence-corrected chi connectivity index (χ0v) is 8.81. The summed E-state index contributed by atoms with van der Waals surface area (Å²) in [6.45, 7) is 6.15. The molecule has 15 heavy (non-hydrogen) atoms. The number of carbonyl (C=O) groups is 1. The van der Waals surface area contributed by atoms with Crippen LogP contribution in [0.25, 0.3) is 0 Å². The minimum absolute atomic E-state index is 0.0605. The summed E-state index contributed by atoms with van der Waals surface area (Å²) in [4.78, 5) is 10.9. The molecule has 0 aromatic carbocycles. The predicted molar refractivity (Wildman–Crippen MR) is 55.8 cm³/mol. The van der Waals surface area contributed by atoms with Crippen LogP contribution in [0.15, 0.2) is 12.7 Å². The largest absolute Gasteiger partial charge is 0.476 e. The number of unbranched alkanes of at least 4 members (excludes halogenated alkanes) is 1. The van der Waals surface area contributed by atoms with Crippen LogP contribution in [0.5, 0.6) is 0 Å². The van der Waals surface area contributed by atoms with E-state index < -0.39 is 5.97 Å². The third-order valence-corrected chi connectivity index (χ3v) is 2.11. The summed E-state index contributed by atoms with van der Waals surface area (Å²) in [5.74, 6) is -1.02. The van der Waals surface area contributed by atoms with Gasteiger partial charge in [-0.25, -0.2) is 9.48 Å². The van der Waals surface area contributed by atoms with Crippen molar-refractivity contribution in [3.05, 3.63) is 24.0 Å². The van der Waals surface area contributed by atoms with E-state index >= 15 is 0 Å². The van der Waals surface area contributed by atoms with Crippen molar-refractivity contribution in [2.24, 2.45) is 0 Å². The van der Waals surface area contributed by atoms with Crippen LogP contribution >= 0.6 is 0 Å². The van der Waals surface area contributed by atoms with Gasteiger partial charge in [-0.2, -0.15) is 0 Å². The molecule has 1 aromatic heterocycles. The fourth-order valence-electron chi connectivity index (χ4n) is 1.36. The molecule has 5 heteroatoms. The fourth-order valence-corrected chi connectivity index (χ4v) is 1.36. The number of hydrogen-bond donors (Lipinski definition) is 1. The molecule has 1 rings (SSSR count). The topological polar surface area (TPSA) is 68.0 Å². The normalized spacial score (nSPS) is 10.2. The van der Waals surface area contributed by atoms with Gasteiger partial charge in [0.1, 0.15) is 0 Å². The lowest BCUT2D eigenvalue weighted by Crippen LogP contribution is -2.07. The Morgan fingerprint density at radius 1 is 1.67 bits per heavy atom. The molecule has 0 atom stereocenters. The van der Waals surface area contributed by atoms with Crippen LogP contribution in [0.4, 0.5) is 0 Å². The number of carboxylic acid groups (broad SMARTS) is 1. The van der Waals surface area contributed by atoms with Crippen molar-refractivity contribution in [1.29, 1.82) is 0 Å². The molecular weight excluding hydrogens is 194 g/mol. The van der Waals surface area contributed by atoms with Gasteiger partial charge in [-0.3, -0.25) is 0 Å². The van der Waals surface area contributed by atoms with E-state index in [0.717, 1.165) is 12.8 Å². The Morgan fingerprint density at radius 2 is 2.40 bits per heavy atom. The third kappa shape index (κ3) is 2.65. The smallest absolute Gasteiger partial charge is 0.358 e. The van der Waals surface area contributed by atoms with E-state index in [1.54, 1.807) is 10.8 Å². The summed E-state index contributed by atoms with van der Waals surface area (Å²) in [5, 5.41) is 16.4. The average Bonchev–Trinajstić information content (AvgIpc) is 2.59. The van der Waals surface area contributed by atoms with Gasteiger partial charge in [0.2, 0.25) is 0 Å². The first kappa shape index (κ1) is 11.4. The van der Waals surface area contributed by atoms with Crippen LogP contribution in [0, 0.1) is 0 Å². The van der Waals surface area contributed by atoms with Gasteiger partial charge < -0.3 is 5.11 Å². The molecule has 0 unspecified atom stereocenters. The highest BCUT2D eigenvalue weighted by atomic mass is 16.4. The van der Waals surface area contributed by atoms with E-state index in [0.29, 0.717) is 18.7 Å². The van der Waals surface area contributed by atoms with Gasteiger partial charge in [-0.15, -0.1) is 11.7 Å². The summed E-state index contributed by atoms with van der Waals surface area (Å²) in [6, 6.07) is 0. The molecule has 0 saturated heterocycles. The number of hydrogen-bond acceptors (Lipinski definition) is 3. The van der Waals surface area contributed by atoms with Gasteiger partial charge in [-0.05, 0) is 12.8 Å². The van der Waals surface area contributed by atoms with Gasteiger partial charge in [-0.1, -0.05) is 24.6 Å². The van der Waals surface area contributed by atoms with Gasteiger partial charge in [0.15, 0.2) is 5.69 Å². The van der Waals surface area contributed by atoms with Crippen LogP contribution in [-0.4, -0.2) is 26.1 Å². The molecule has 0 bridgehead atoms. The maximum atomic E-state index is 10.9. The van der Waals surface area contributed by atoms with Gasteiger partial charge >= 0.3 is 5.97 Å². The molecule has 0 aliphatic heterocycles. The molecule has 0 amide bonds. The number of aromatic carboxylic acids is 1. The zero-order valence-electron chi connectivity index (χ0n) is 8.81. The summed E-state index contributed by atoms with van der Waals surface area (Å²) >= 11 is 0. The lowest BCUT2D eigenvalue weighted by molar-refractivity contribution is 0.0689.